The van der Waals surface area contributed by atoms with Gasteiger partial charge in [-0.1, -0.05) is 218 Å². The Kier molecular flexibility index (Phi) is 9.07. The molecule has 2 aliphatic rings. The molecule has 0 fully saturated rings. The lowest BCUT2D eigenvalue weighted by atomic mass is 9.68. The first-order valence-electron chi connectivity index (χ1n) is 22.9. The summed E-state index contributed by atoms with van der Waals surface area (Å²) in [5.41, 5.74) is 21.6. The third-order valence-electron chi connectivity index (χ3n) is 13.7. The molecule has 0 atom stereocenters. The van der Waals surface area contributed by atoms with E-state index < -0.39 is 5.41 Å². The van der Waals surface area contributed by atoms with Crippen molar-refractivity contribution in [2.24, 2.45) is 0 Å². The monoisotopic (exact) mass is 851 g/mol. The van der Waals surface area contributed by atoms with Crippen LogP contribution >= 0.6 is 0 Å². The molecule has 3 heteroatoms. The van der Waals surface area contributed by atoms with Crippen molar-refractivity contribution >= 4 is 0 Å². The molecular weight excluding hydrogens is 811 g/mol. The van der Waals surface area contributed by atoms with Crippen LogP contribution in [0.2, 0.25) is 0 Å². The van der Waals surface area contributed by atoms with E-state index in [1.54, 1.807) is 0 Å². The predicted octanol–water partition coefficient (Wildman–Crippen LogP) is 15.9. The fraction of sp³-hybridized carbons (Fsp3) is 0.0156. The molecule has 13 rings (SSSR count). The normalized spacial score (nSPS) is 12.6. The van der Waals surface area contributed by atoms with Crippen LogP contribution in [0.15, 0.2) is 249 Å². The number of hydrogen-bond acceptors (Lipinski definition) is 3. The number of fused-ring (bicyclic) bond motifs is 10. The number of hydrogen-bond donors (Lipinski definition) is 0. The first kappa shape index (κ1) is 38.6. The van der Waals surface area contributed by atoms with Crippen molar-refractivity contribution in [3.05, 3.63) is 271 Å². The van der Waals surface area contributed by atoms with Gasteiger partial charge < -0.3 is 0 Å². The fourth-order valence-corrected chi connectivity index (χ4v) is 10.8. The van der Waals surface area contributed by atoms with Gasteiger partial charge >= 0.3 is 0 Å². The number of benzene rings is 10. The third-order valence-corrected chi connectivity index (χ3v) is 13.7. The molecule has 2 aliphatic carbocycles. The van der Waals surface area contributed by atoms with E-state index in [0.29, 0.717) is 17.5 Å². The molecule has 1 heterocycles. The summed E-state index contributed by atoms with van der Waals surface area (Å²) in [7, 11) is 0. The van der Waals surface area contributed by atoms with Gasteiger partial charge in [-0.15, -0.1) is 0 Å². The molecule has 0 amide bonds. The minimum atomic E-state index is -0.483. The van der Waals surface area contributed by atoms with Crippen molar-refractivity contribution in [1.82, 2.24) is 15.0 Å². The second-order valence-electron chi connectivity index (χ2n) is 17.5. The van der Waals surface area contributed by atoms with Crippen molar-refractivity contribution in [2.45, 2.75) is 5.41 Å². The van der Waals surface area contributed by atoms with E-state index >= 15 is 0 Å². The average Bonchev–Trinajstić information content (AvgIpc) is 3.89. The Labute approximate surface area is 390 Å². The van der Waals surface area contributed by atoms with Crippen LogP contribution in [0.4, 0.5) is 0 Å². The Morgan fingerprint density at radius 1 is 0.209 bits per heavy atom. The molecule has 0 radical (unpaired) electrons. The summed E-state index contributed by atoms with van der Waals surface area (Å²) in [6.45, 7) is 0. The summed E-state index contributed by atoms with van der Waals surface area (Å²) in [6.07, 6.45) is 0. The molecule has 3 nitrogen and oxygen atoms in total. The molecule has 0 bridgehead atoms. The molecule has 11 aromatic rings. The largest absolute Gasteiger partial charge is 0.208 e. The highest BCUT2D eigenvalue weighted by Gasteiger charge is 2.52. The van der Waals surface area contributed by atoms with Gasteiger partial charge in [-0.3, -0.25) is 0 Å². The predicted molar refractivity (Wildman–Crippen MR) is 274 cm³/mol. The van der Waals surface area contributed by atoms with Crippen molar-refractivity contribution in [2.75, 3.05) is 0 Å². The molecule has 1 aromatic heterocycles. The summed E-state index contributed by atoms with van der Waals surface area (Å²) in [4.78, 5) is 16.1. The fourth-order valence-electron chi connectivity index (χ4n) is 10.8. The van der Waals surface area contributed by atoms with E-state index in [1.807, 2.05) is 6.07 Å². The van der Waals surface area contributed by atoms with Gasteiger partial charge in [0, 0.05) is 16.7 Å². The molecule has 0 aliphatic heterocycles. The van der Waals surface area contributed by atoms with E-state index in [4.69, 9.17) is 15.0 Å². The minimum Gasteiger partial charge on any atom is -0.208 e. The van der Waals surface area contributed by atoms with Crippen molar-refractivity contribution in [3.63, 3.8) is 0 Å². The smallest absolute Gasteiger partial charge is 0.164 e. The molecule has 0 N–H and O–H groups in total. The van der Waals surface area contributed by atoms with Gasteiger partial charge in [0.2, 0.25) is 0 Å². The van der Waals surface area contributed by atoms with E-state index in [0.717, 1.165) is 55.6 Å². The van der Waals surface area contributed by atoms with Gasteiger partial charge in [0.05, 0.1) is 5.41 Å². The van der Waals surface area contributed by atoms with Gasteiger partial charge in [0.15, 0.2) is 17.5 Å². The second-order valence-corrected chi connectivity index (χ2v) is 17.5. The highest BCUT2D eigenvalue weighted by molar-refractivity contribution is 5.99. The Bertz CT molecular complexity index is 3570. The molecule has 0 unspecified atom stereocenters. The zero-order valence-electron chi connectivity index (χ0n) is 36.5. The van der Waals surface area contributed by atoms with Crippen LogP contribution in [0.3, 0.4) is 0 Å². The topological polar surface area (TPSA) is 38.7 Å². The zero-order valence-corrected chi connectivity index (χ0v) is 36.5. The molecule has 0 saturated heterocycles. The van der Waals surface area contributed by atoms with E-state index in [1.165, 1.54) is 50.1 Å². The van der Waals surface area contributed by atoms with Crippen LogP contribution in [0.1, 0.15) is 22.3 Å². The van der Waals surface area contributed by atoms with Crippen molar-refractivity contribution in [3.8, 4) is 101 Å². The maximum atomic E-state index is 5.40. The summed E-state index contributed by atoms with van der Waals surface area (Å²) in [5.74, 6) is 1.84. The van der Waals surface area contributed by atoms with E-state index in [-0.39, 0.29) is 0 Å². The second kappa shape index (κ2) is 15.7. The molecule has 312 valence electrons. The van der Waals surface area contributed by atoms with Crippen molar-refractivity contribution in [1.29, 1.82) is 0 Å². The highest BCUT2D eigenvalue weighted by atomic mass is 15.0. The summed E-state index contributed by atoms with van der Waals surface area (Å²) in [5, 5.41) is 0. The standard InChI is InChI=1S/C64H41N3/c1-4-19-42(20-5-1)45-25-16-27-47(37-45)61-65-62(67-63(66-61)51-40-49(43-21-6-2-7-22-43)39-50(41-51)44-23-8-3-9-24-44)48-28-17-26-46(38-48)52-32-18-33-56-55-31-12-15-36-59(55)64(60(52)56)57-34-13-10-29-53(57)54-30-11-14-35-58(54)64/h1-41H. The number of aromatic nitrogens is 3. The van der Waals surface area contributed by atoms with Crippen LogP contribution in [0.25, 0.3) is 101 Å². The Morgan fingerprint density at radius 2 is 0.522 bits per heavy atom. The first-order chi connectivity index (χ1) is 33.2. The highest BCUT2D eigenvalue weighted by Crippen LogP contribution is 2.64. The van der Waals surface area contributed by atoms with Gasteiger partial charge in [0.1, 0.15) is 0 Å². The molecular formula is C64H41N3. The summed E-state index contributed by atoms with van der Waals surface area (Å²) < 4.78 is 0. The Balaban J connectivity index is 1.02. The van der Waals surface area contributed by atoms with Crippen LogP contribution in [-0.4, -0.2) is 15.0 Å². The van der Waals surface area contributed by atoms with Gasteiger partial charge in [0.25, 0.3) is 0 Å². The number of nitrogens with zero attached hydrogens (tertiary/aromatic N) is 3. The zero-order chi connectivity index (χ0) is 44.3. The van der Waals surface area contributed by atoms with E-state index in [9.17, 15) is 0 Å². The minimum absolute atomic E-state index is 0.483. The quantitative estimate of drug-likeness (QED) is 0.160. The van der Waals surface area contributed by atoms with Crippen LogP contribution in [0.5, 0.6) is 0 Å². The van der Waals surface area contributed by atoms with E-state index in [2.05, 4.69) is 243 Å². The van der Waals surface area contributed by atoms with Gasteiger partial charge in [-0.2, -0.15) is 0 Å². The first-order valence-corrected chi connectivity index (χ1v) is 22.9. The SMILES string of the molecule is c1ccc(-c2cccc(-c3nc(-c4cc(-c5ccccc5)cc(-c5ccccc5)c4)nc(-c4cccc(-c5cccc6c5C5(c7ccccc7-c7ccccc75)c5ccccc5-6)c4)n3)c2)cc1. The number of rotatable bonds is 7. The average molecular weight is 852 g/mol. The van der Waals surface area contributed by atoms with Crippen LogP contribution in [0, 0.1) is 0 Å². The maximum absolute atomic E-state index is 5.40. The maximum Gasteiger partial charge on any atom is 0.164 e. The summed E-state index contributed by atoms with van der Waals surface area (Å²) in [6, 6.07) is 89.4. The third kappa shape index (κ3) is 6.31. The Morgan fingerprint density at radius 3 is 1.04 bits per heavy atom. The summed E-state index contributed by atoms with van der Waals surface area (Å²) >= 11 is 0. The van der Waals surface area contributed by atoms with Gasteiger partial charge in [-0.25, -0.2) is 15.0 Å². The molecule has 0 saturated carbocycles. The Hall–Kier alpha value is -8.79. The molecule has 67 heavy (non-hydrogen) atoms. The lowest BCUT2D eigenvalue weighted by molar-refractivity contribution is 0.796. The lowest BCUT2D eigenvalue weighted by Crippen LogP contribution is -2.26. The van der Waals surface area contributed by atoms with Crippen LogP contribution < -0.4 is 0 Å². The lowest BCUT2D eigenvalue weighted by Gasteiger charge is -2.32. The van der Waals surface area contributed by atoms with Gasteiger partial charge in [-0.05, 0) is 119 Å². The molecule has 1 spiro atoms. The van der Waals surface area contributed by atoms with Crippen molar-refractivity contribution < 1.29 is 0 Å². The van der Waals surface area contributed by atoms with Crippen LogP contribution in [-0.2, 0) is 5.41 Å². The molecule has 10 aromatic carbocycles.